The number of aryl methyl sites for hydroxylation is 1. The number of carbonyl (C=O) groups is 1. The third-order valence-corrected chi connectivity index (χ3v) is 5.49. The zero-order valence-electron chi connectivity index (χ0n) is 14.4. The van der Waals surface area contributed by atoms with Crippen molar-refractivity contribution in [3.63, 3.8) is 0 Å². The molecule has 0 aromatic carbocycles. The van der Waals surface area contributed by atoms with Crippen molar-refractivity contribution in [1.82, 2.24) is 9.97 Å². The number of allylic oxidation sites excluding steroid dienone is 2. The number of hydrogen-bond donors (Lipinski definition) is 2. The van der Waals surface area contributed by atoms with Crippen LogP contribution < -0.4 is 10.9 Å². The Morgan fingerprint density at radius 1 is 1.38 bits per heavy atom. The van der Waals surface area contributed by atoms with Gasteiger partial charge in [0.05, 0.1) is 11.5 Å². The summed E-state index contributed by atoms with van der Waals surface area (Å²) in [5.41, 5.74) is 1.68. The molecule has 7 heteroatoms. The Labute approximate surface area is 154 Å². The van der Waals surface area contributed by atoms with Crippen LogP contribution in [-0.2, 0) is 4.79 Å². The minimum Gasteiger partial charge on any atom is -0.465 e. The number of furan rings is 1. The lowest BCUT2D eigenvalue weighted by Gasteiger charge is -2.31. The molecule has 1 atom stereocenters. The number of fused-ring (bicyclic) bond motifs is 1. The second kappa shape index (κ2) is 6.64. The van der Waals surface area contributed by atoms with Crippen LogP contribution in [0.3, 0.4) is 0 Å². The summed E-state index contributed by atoms with van der Waals surface area (Å²) in [6, 6.07) is 3.68. The number of nitrogens with zero attached hydrogens (tertiary/aromatic N) is 1. The predicted octanol–water partition coefficient (Wildman–Crippen LogP) is 3.51. The summed E-state index contributed by atoms with van der Waals surface area (Å²) in [5, 5.41) is 3.77. The molecule has 4 rings (SSSR count). The number of anilines is 1. The topological polar surface area (TPSA) is 88.0 Å². The second-order valence-corrected chi connectivity index (χ2v) is 7.42. The summed E-state index contributed by atoms with van der Waals surface area (Å²) in [7, 11) is 0. The predicted molar refractivity (Wildman–Crippen MR) is 101 cm³/mol. The van der Waals surface area contributed by atoms with Crippen LogP contribution in [-0.4, -0.2) is 21.5 Å². The standard InChI is InChI=1S/C19H19N3O3S/c1-3-9-26-19-21-17-16(18(24)22-19)15(13-8-7-10(2)25-13)14-11(20-17)5-4-6-12(14)23/h3,7-8,15H,1,4-6,9H2,2H3,(H2,20,21,22,24). The maximum Gasteiger partial charge on any atom is 0.257 e. The van der Waals surface area contributed by atoms with E-state index in [0.717, 1.165) is 24.3 Å². The molecule has 2 aromatic heterocycles. The smallest absolute Gasteiger partial charge is 0.257 e. The van der Waals surface area contributed by atoms with Gasteiger partial charge in [0, 0.05) is 23.4 Å². The summed E-state index contributed by atoms with van der Waals surface area (Å²) in [5.74, 6) is 2.05. The largest absolute Gasteiger partial charge is 0.465 e. The molecular weight excluding hydrogens is 350 g/mol. The van der Waals surface area contributed by atoms with E-state index in [1.54, 1.807) is 6.08 Å². The molecule has 0 fully saturated rings. The SMILES string of the molecule is C=CCSc1nc2c(c(=O)[nH]1)C(c1ccc(C)o1)C1=C(CCCC1=O)N2. The number of thioether (sulfide) groups is 1. The van der Waals surface area contributed by atoms with Crippen LogP contribution in [0, 0.1) is 6.92 Å². The molecule has 0 saturated heterocycles. The molecule has 0 amide bonds. The second-order valence-electron chi connectivity index (χ2n) is 6.41. The van der Waals surface area contributed by atoms with Crippen molar-refractivity contribution >= 4 is 23.4 Å². The van der Waals surface area contributed by atoms with Crippen LogP contribution in [0.2, 0.25) is 0 Å². The van der Waals surface area contributed by atoms with E-state index in [0.29, 0.717) is 40.0 Å². The normalized spacial score (nSPS) is 19.0. The Balaban J connectivity index is 1.90. The number of carbonyl (C=O) groups excluding carboxylic acids is 1. The lowest BCUT2D eigenvalue weighted by Crippen LogP contribution is -2.32. The third kappa shape index (κ3) is 2.82. The first-order chi connectivity index (χ1) is 12.6. The highest BCUT2D eigenvalue weighted by molar-refractivity contribution is 7.99. The first kappa shape index (κ1) is 16.9. The van der Waals surface area contributed by atoms with Crippen LogP contribution in [0.15, 0.2) is 50.4 Å². The molecule has 1 unspecified atom stereocenters. The molecule has 0 bridgehead atoms. The summed E-state index contributed by atoms with van der Waals surface area (Å²) < 4.78 is 5.81. The molecule has 6 nitrogen and oxygen atoms in total. The van der Waals surface area contributed by atoms with Gasteiger partial charge in [-0.1, -0.05) is 17.8 Å². The minimum atomic E-state index is -0.516. The Bertz CT molecular complexity index is 986. The maximum atomic E-state index is 12.9. The Hall–Kier alpha value is -2.54. The van der Waals surface area contributed by atoms with Crippen molar-refractivity contribution in [1.29, 1.82) is 0 Å². The van der Waals surface area contributed by atoms with Crippen LogP contribution in [0.1, 0.15) is 42.3 Å². The van der Waals surface area contributed by atoms with Crippen molar-refractivity contribution < 1.29 is 9.21 Å². The number of rotatable bonds is 4. The van der Waals surface area contributed by atoms with Gasteiger partial charge in [0.15, 0.2) is 10.9 Å². The highest BCUT2D eigenvalue weighted by Crippen LogP contribution is 2.43. The molecule has 3 heterocycles. The fourth-order valence-corrected chi connectivity index (χ4v) is 4.14. The van der Waals surface area contributed by atoms with E-state index in [1.165, 1.54) is 11.8 Å². The number of aromatic amines is 1. The molecule has 2 aliphatic rings. The average Bonchev–Trinajstić information content (AvgIpc) is 3.04. The molecule has 0 saturated carbocycles. The maximum absolute atomic E-state index is 12.9. The van der Waals surface area contributed by atoms with Crippen LogP contribution >= 0.6 is 11.8 Å². The highest BCUT2D eigenvalue weighted by atomic mass is 32.2. The van der Waals surface area contributed by atoms with Gasteiger partial charge in [0.2, 0.25) is 0 Å². The molecule has 1 aliphatic heterocycles. The molecule has 0 spiro atoms. The minimum absolute atomic E-state index is 0.0629. The van der Waals surface area contributed by atoms with Crippen molar-refractivity contribution in [2.45, 2.75) is 37.3 Å². The average molecular weight is 369 g/mol. The van der Waals surface area contributed by atoms with Crippen molar-refractivity contribution in [2.75, 3.05) is 11.1 Å². The van der Waals surface area contributed by atoms with Gasteiger partial charge in [-0.15, -0.1) is 6.58 Å². The van der Waals surface area contributed by atoms with Crippen molar-refractivity contribution in [3.8, 4) is 0 Å². The van der Waals surface area contributed by atoms with Gasteiger partial charge < -0.3 is 14.7 Å². The van der Waals surface area contributed by atoms with Gasteiger partial charge in [0.25, 0.3) is 5.56 Å². The van der Waals surface area contributed by atoms with Crippen LogP contribution in [0.4, 0.5) is 5.82 Å². The number of H-pyrrole nitrogens is 1. The van der Waals surface area contributed by atoms with Gasteiger partial charge in [-0.25, -0.2) is 4.98 Å². The quantitative estimate of drug-likeness (QED) is 0.487. The molecule has 2 N–H and O–H groups in total. The van der Waals surface area contributed by atoms with E-state index >= 15 is 0 Å². The zero-order valence-corrected chi connectivity index (χ0v) is 15.2. The molecule has 0 radical (unpaired) electrons. The number of ketones is 1. The summed E-state index contributed by atoms with van der Waals surface area (Å²) >= 11 is 1.41. The Kier molecular flexibility index (Phi) is 4.32. The third-order valence-electron chi connectivity index (χ3n) is 4.62. The van der Waals surface area contributed by atoms with Crippen molar-refractivity contribution in [2.24, 2.45) is 0 Å². The Morgan fingerprint density at radius 3 is 2.96 bits per heavy atom. The Morgan fingerprint density at radius 2 is 2.23 bits per heavy atom. The summed E-state index contributed by atoms with van der Waals surface area (Å²) in [4.78, 5) is 32.9. The van der Waals surface area contributed by atoms with Gasteiger partial charge in [-0.05, 0) is 31.9 Å². The van der Waals surface area contributed by atoms with E-state index in [4.69, 9.17) is 4.42 Å². The molecule has 26 heavy (non-hydrogen) atoms. The van der Waals surface area contributed by atoms with Crippen LogP contribution in [0.25, 0.3) is 0 Å². The number of aromatic nitrogens is 2. The van der Waals surface area contributed by atoms with E-state index in [1.807, 2.05) is 19.1 Å². The first-order valence-electron chi connectivity index (χ1n) is 8.56. The zero-order chi connectivity index (χ0) is 18.3. The molecule has 134 valence electrons. The number of nitrogens with one attached hydrogen (secondary N) is 2. The van der Waals surface area contributed by atoms with E-state index in [9.17, 15) is 9.59 Å². The van der Waals surface area contributed by atoms with E-state index in [2.05, 4.69) is 21.9 Å². The monoisotopic (exact) mass is 369 g/mol. The molecule has 1 aliphatic carbocycles. The van der Waals surface area contributed by atoms with Gasteiger partial charge in [-0.3, -0.25) is 9.59 Å². The van der Waals surface area contributed by atoms with Crippen molar-refractivity contribution in [3.05, 3.63) is 63.5 Å². The fourth-order valence-electron chi connectivity index (χ4n) is 3.54. The highest BCUT2D eigenvalue weighted by Gasteiger charge is 2.39. The lowest BCUT2D eigenvalue weighted by molar-refractivity contribution is -0.116. The van der Waals surface area contributed by atoms with Gasteiger partial charge in [0.1, 0.15) is 17.3 Å². The lowest BCUT2D eigenvalue weighted by atomic mass is 9.79. The summed E-state index contributed by atoms with van der Waals surface area (Å²) in [6.07, 6.45) is 3.81. The first-order valence-corrected chi connectivity index (χ1v) is 9.54. The van der Waals surface area contributed by atoms with Gasteiger partial charge in [-0.2, -0.15) is 0 Å². The molecular formula is C19H19N3O3S. The van der Waals surface area contributed by atoms with E-state index in [-0.39, 0.29) is 11.3 Å². The number of hydrogen-bond acceptors (Lipinski definition) is 6. The summed E-state index contributed by atoms with van der Waals surface area (Å²) in [6.45, 7) is 5.54. The van der Waals surface area contributed by atoms with Gasteiger partial charge >= 0.3 is 0 Å². The fraction of sp³-hybridized carbons (Fsp3) is 0.316. The van der Waals surface area contributed by atoms with E-state index < -0.39 is 5.92 Å². The molecule has 2 aromatic rings. The van der Waals surface area contributed by atoms with Crippen LogP contribution in [0.5, 0.6) is 0 Å². The number of Topliss-reactive ketones (excluding diaryl/α,β-unsaturated/α-hetero) is 1.